The van der Waals surface area contributed by atoms with Gasteiger partial charge in [0.2, 0.25) is 0 Å². The Labute approximate surface area is 159 Å². The lowest BCUT2D eigenvalue weighted by Crippen LogP contribution is -2.39. The standard InChI is InChI=1S/C23H24N2O2/c1-15-12-16(2)14-18(13-15)22(25-11-5-8-21(25)23(26)27)20-10-9-17-6-3-4-7-19(17)24-20/h3-4,6-7,9-10,12-14,21-22H,5,8,11H2,1-2H3,(H,26,27). The van der Waals surface area contributed by atoms with E-state index in [1.807, 2.05) is 30.3 Å². The summed E-state index contributed by atoms with van der Waals surface area (Å²) in [7, 11) is 0. The molecule has 0 bridgehead atoms. The molecule has 1 fully saturated rings. The average molecular weight is 360 g/mol. The van der Waals surface area contributed by atoms with Crippen molar-refractivity contribution in [2.75, 3.05) is 6.54 Å². The van der Waals surface area contributed by atoms with Crippen LogP contribution in [-0.4, -0.2) is 33.5 Å². The third kappa shape index (κ3) is 3.45. The first kappa shape index (κ1) is 17.7. The van der Waals surface area contributed by atoms with Crippen molar-refractivity contribution in [3.63, 3.8) is 0 Å². The number of hydrogen-bond acceptors (Lipinski definition) is 3. The molecule has 4 nitrogen and oxygen atoms in total. The van der Waals surface area contributed by atoms with Crippen LogP contribution in [0.15, 0.2) is 54.6 Å². The highest BCUT2D eigenvalue weighted by Gasteiger charge is 2.37. The van der Waals surface area contributed by atoms with E-state index in [-0.39, 0.29) is 6.04 Å². The molecular formula is C23H24N2O2. The minimum atomic E-state index is -0.748. The SMILES string of the molecule is Cc1cc(C)cc(C(c2ccc3ccccc3n2)N2CCCC2C(=O)O)c1. The fraction of sp³-hybridized carbons (Fsp3) is 0.304. The van der Waals surface area contributed by atoms with Crippen molar-refractivity contribution in [1.82, 2.24) is 9.88 Å². The maximum absolute atomic E-state index is 11.9. The van der Waals surface area contributed by atoms with Crippen molar-refractivity contribution in [3.05, 3.63) is 77.0 Å². The van der Waals surface area contributed by atoms with E-state index in [1.165, 1.54) is 11.1 Å². The summed E-state index contributed by atoms with van der Waals surface area (Å²) in [6.45, 7) is 4.93. The molecule has 1 aliphatic heterocycles. The molecule has 2 heterocycles. The molecule has 4 rings (SSSR count). The Kier molecular flexibility index (Phi) is 4.66. The predicted octanol–water partition coefficient (Wildman–Crippen LogP) is 4.49. The van der Waals surface area contributed by atoms with E-state index in [0.29, 0.717) is 6.42 Å². The van der Waals surface area contributed by atoms with Crippen LogP contribution in [0.5, 0.6) is 0 Å². The fourth-order valence-corrected chi connectivity index (χ4v) is 4.30. The van der Waals surface area contributed by atoms with Gasteiger partial charge in [-0.3, -0.25) is 14.7 Å². The van der Waals surface area contributed by atoms with Gasteiger partial charge in [-0.25, -0.2) is 0 Å². The molecule has 3 aromatic rings. The number of nitrogens with zero attached hydrogens (tertiary/aromatic N) is 2. The number of aliphatic carboxylic acids is 1. The van der Waals surface area contributed by atoms with Crippen molar-refractivity contribution in [1.29, 1.82) is 0 Å². The number of carboxylic acid groups (broad SMARTS) is 1. The number of para-hydroxylation sites is 1. The molecule has 0 amide bonds. The molecule has 1 saturated heterocycles. The molecule has 0 saturated carbocycles. The summed E-state index contributed by atoms with van der Waals surface area (Å²) in [5.41, 5.74) is 5.33. The van der Waals surface area contributed by atoms with Crippen molar-refractivity contribution >= 4 is 16.9 Å². The van der Waals surface area contributed by atoms with Gasteiger partial charge in [0.25, 0.3) is 0 Å². The van der Waals surface area contributed by atoms with Crippen LogP contribution < -0.4 is 0 Å². The van der Waals surface area contributed by atoms with Crippen LogP contribution in [0.2, 0.25) is 0 Å². The quantitative estimate of drug-likeness (QED) is 0.745. The predicted molar refractivity (Wildman–Crippen MR) is 107 cm³/mol. The van der Waals surface area contributed by atoms with E-state index in [9.17, 15) is 9.90 Å². The summed E-state index contributed by atoms with van der Waals surface area (Å²) >= 11 is 0. The number of carboxylic acids is 1. The summed E-state index contributed by atoms with van der Waals surface area (Å²) in [5.74, 6) is -0.748. The number of fused-ring (bicyclic) bond motifs is 1. The zero-order valence-electron chi connectivity index (χ0n) is 15.7. The second-order valence-corrected chi connectivity index (χ2v) is 7.49. The van der Waals surface area contributed by atoms with Crippen molar-refractivity contribution in [2.45, 2.75) is 38.8 Å². The number of pyridine rings is 1. The van der Waals surface area contributed by atoms with Crippen molar-refractivity contribution < 1.29 is 9.90 Å². The number of aromatic nitrogens is 1. The van der Waals surface area contributed by atoms with Gasteiger partial charge in [-0.2, -0.15) is 0 Å². The molecule has 0 aliphatic carbocycles. The van der Waals surface area contributed by atoms with Gasteiger partial charge in [0, 0.05) is 11.9 Å². The van der Waals surface area contributed by atoms with Gasteiger partial charge in [-0.15, -0.1) is 0 Å². The Bertz CT molecular complexity index is 978. The number of aryl methyl sites for hydroxylation is 2. The monoisotopic (exact) mass is 360 g/mol. The largest absolute Gasteiger partial charge is 0.480 e. The van der Waals surface area contributed by atoms with Crippen LogP contribution in [-0.2, 0) is 4.79 Å². The third-order valence-corrected chi connectivity index (χ3v) is 5.37. The third-order valence-electron chi connectivity index (χ3n) is 5.37. The molecule has 2 unspecified atom stereocenters. The zero-order chi connectivity index (χ0) is 19.0. The smallest absolute Gasteiger partial charge is 0.320 e. The molecule has 1 N–H and O–H groups in total. The van der Waals surface area contributed by atoms with Crippen LogP contribution in [0.1, 0.15) is 41.3 Å². The van der Waals surface area contributed by atoms with Gasteiger partial charge in [0.15, 0.2) is 0 Å². The van der Waals surface area contributed by atoms with Crippen LogP contribution in [0.4, 0.5) is 0 Å². The second kappa shape index (κ2) is 7.12. The minimum Gasteiger partial charge on any atom is -0.480 e. The van der Waals surface area contributed by atoms with Gasteiger partial charge >= 0.3 is 5.97 Å². The van der Waals surface area contributed by atoms with E-state index >= 15 is 0 Å². The van der Waals surface area contributed by atoms with Gasteiger partial charge in [-0.05, 0) is 44.4 Å². The second-order valence-electron chi connectivity index (χ2n) is 7.49. The number of hydrogen-bond donors (Lipinski definition) is 1. The van der Waals surface area contributed by atoms with E-state index in [2.05, 4.69) is 43.0 Å². The van der Waals surface area contributed by atoms with Gasteiger partial charge in [-0.1, -0.05) is 53.6 Å². The van der Waals surface area contributed by atoms with Crippen molar-refractivity contribution in [2.24, 2.45) is 0 Å². The van der Waals surface area contributed by atoms with E-state index < -0.39 is 12.0 Å². The average Bonchev–Trinajstić information content (AvgIpc) is 3.10. The molecule has 27 heavy (non-hydrogen) atoms. The maximum atomic E-state index is 11.9. The Morgan fingerprint density at radius 2 is 1.85 bits per heavy atom. The topological polar surface area (TPSA) is 53.4 Å². The molecule has 0 spiro atoms. The van der Waals surface area contributed by atoms with Gasteiger partial charge in [0.1, 0.15) is 6.04 Å². The maximum Gasteiger partial charge on any atom is 0.320 e. The first-order valence-corrected chi connectivity index (χ1v) is 9.45. The normalized spacial score (nSPS) is 18.7. The summed E-state index contributed by atoms with van der Waals surface area (Å²) in [5, 5.41) is 10.8. The van der Waals surface area contributed by atoms with Crippen LogP contribution in [0, 0.1) is 13.8 Å². The van der Waals surface area contributed by atoms with Crippen molar-refractivity contribution in [3.8, 4) is 0 Å². The summed E-state index contributed by atoms with van der Waals surface area (Å²) in [6, 6.07) is 18.0. The number of benzene rings is 2. The van der Waals surface area contributed by atoms with E-state index in [4.69, 9.17) is 4.98 Å². The Morgan fingerprint density at radius 3 is 2.59 bits per heavy atom. The molecule has 138 valence electrons. The lowest BCUT2D eigenvalue weighted by Gasteiger charge is -2.31. The first-order chi connectivity index (χ1) is 13.0. The highest BCUT2D eigenvalue weighted by atomic mass is 16.4. The molecule has 2 aromatic carbocycles. The summed E-state index contributed by atoms with van der Waals surface area (Å²) in [4.78, 5) is 18.9. The molecule has 1 aromatic heterocycles. The summed E-state index contributed by atoms with van der Waals surface area (Å²) < 4.78 is 0. The van der Waals surface area contributed by atoms with Crippen LogP contribution in [0.3, 0.4) is 0 Å². The zero-order valence-corrected chi connectivity index (χ0v) is 15.7. The van der Waals surface area contributed by atoms with E-state index in [0.717, 1.165) is 35.1 Å². The van der Waals surface area contributed by atoms with Gasteiger partial charge < -0.3 is 5.11 Å². The molecule has 4 heteroatoms. The molecular weight excluding hydrogens is 336 g/mol. The minimum absolute atomic E-state index is 0.156. The van der Waals surface area contributed by atoms with Crippen LogP contribution >= 0.6 is 0 Å². The molecule has 2 atom stereocenters. The lowest BCUT2D eigenvalue weighted by atomic mass is 9.96. The highest BCUT2D eigenvalue weighted by molar-refractivity contribution is 5.78. The highest BCUT2D eigenvalue weighted by Crippen LogP contribution is 2.35. The molecule has 0 radical (unpaired) electrons. The van der Waals surface area contributed by atoms with Crippen LogP contribution in [0.25, 0.3) is 10.9 Å². The Balaban J connectivity index is 1.87. The lowest BCUT2D eigenvalue weighted by molar-refractivity contribution is -0.142. The fourth-order valence-electron chi connectivity index (χ4n) is 4.30. The first-order valence-electron chi connectivity index (χ1n) is 9.45. The summed E-state index contributed by atoms with van der Waals surface area (Å²) in [6.07, 6.45) is 1.58. The van der Waals surface area contributed by atoms with Gasteiger partial charge in [0.05, 0.1) is 17.3 Å². The Morgan fingerprint density at radius 1 is 1.11 bits per heavy atom. The number of carbonyl (C=O) groups is 1. The Hall–Kier alpha value is -2.72. The number of likely N-dealkylation sites (tertiary alicyclic amines) is 1. The van der Waals surface area contributed by atoms with E-state index in [1.54, 1.807) is 0 Å². The molecule has 1 aliphatic rings. The number of rotatable bonds is 4.